The summed E-state index contributed by atoms with van der Waals surface area (Å²) >= 11 is 6.23. The maximum Gasteiger partial charge on any atom is 0.196 e. The molecule has 22 heavy (non-hydrogen) atoms. The molecule has 0 aliphatic heterocycles. The summed E-state index contributed by atoms with van der Waals surface area (Å²) in [6.45, 7) is 0. The molecule has 2 aromatic carbocycles. The highest BCUT2D eigenvalue weighted by atomic mass is 35.5. The molecule has 0 aliphatic carbocycles. The predicted octanol–water partition coefficient (Wildman–Crippen LogP) is 4.60. The molecular formula is C18H11ClN2O. The van der Waals surface area contributed by atoms with Crippen LogP contribution in [0.2, 0.25) is 5.02 Å². The van der Waals surface area contributed by atoms with Crippen LogP contribution in [-0.2, 0) is 0 Å². The van der Waals surface area contributed by atoms with Crippen molar-refractivity contribution in [2.24, 2.45) is 0 Å². The van der Waals surface area contributed by atoms with Crippen LogP contribution in [0.4, 0.5) is 0 Å². The van der Waals surface area contributed by atoms with Crippen LogP contribution in [0.3, 0.4) is 0 Å². The highest BCUT2D eigenvalue weighted by Gasteiger charge is 2.16. The number of pyridine rings is 1. The molecule has 0 fully saturated rings. The van der Waals surface area contributed by atoms with Crippen molar-refractivity contribution < 1.29 is 4.79 Å². The van der Waals surface area contributed by atoms with Gasteiger partial charge in [0.1, 0.15) is 0 Å². The van der Waals surface area contributed by atoms with Crippen molar-refractivity contribution in [2.75, 3.05) is 0 Å². The minimum Gasteiger partial charge on any atom is -0.354 e. The number of hydrogen-bond acceptors (Lipinski definition) is 2. The van der Waals surface area contributed by atoms with Crippen molar-refractivity contribution in [3.05, 3.63) is 77.1 Å². The molecule has 2 heterocycles. The number of halogens is 1. The Bertz CT molecular complexity index is 1010. The van der Waals surface area contributed by atoms with E-state index in [-0.39, 0.29) is 5.78 Å². The van der Waals surface area contributed by atoms with Gasteiger partial charge in [0.2, 0.25) is 0 Å². The van der Waals surface area contributed by atoms with Gasteiger partial charge in [-0.15, -0.1) is 0 Å². The van der Waals surface area contributed by atoms with Gasteiger partial charge in [-0.2, -0.15) is 0 Å². The number of hydrogen-bond donors (Lipinski definition) is 1. The van der Waals surface area contributed by atoms with E-state index in [0.717, 1.165) is 21.8 Å². The van der Waals surface area contributed by atoms with Crippen LogP contribution in [0, 0.1) is 0 Å². The first-order chi connectivity index (χ1) is 10.7. The average molecular weight is 307 g/mol. The minimum atomic E-state index is -0.0906. The zero-order valence-corrected chi connectivity index (χ0v) is 12.3. The zero-order chi connectivity index (χ0) is 15.1. The van der Waals surface area contributed by atoms with E-state index in [1.54, 1.807) is 30.6 Å². The average Bonchev–Trinajstić information content (AvgIpc) is 2.93. The second-order valence-electron chi connectivity index (χ2n) is 5.12. The van der Waals surface area contributed by atoms with Crippen LogP contribution in [0.1, 0.15) is 15.9 Å². The number of para-hydroxylation sites is 1. The van der Waals surface area contributed by atoms with E-state index in [9.17, 15) is 4.79 Å². The number of aromatic amines is 1. The number of carbonyl (C=O) groups is 1. The van der Waals surface area contributed by atoms with Gasteiger partial charge in [-0.05, 0) is 30.3 Å². The molecule has 0 saturated heterocycles. The number of rotatable bonds is 2. The van der Waals surface area contributed by atoms with Gasteiger partial charge in [0.05, 0.1) is 5.52 Å². The van der Waals surface area contributed by atoms with Crippen LogP contribution < -0.4 is 0 Å². The lowest BCUT2D eigenvalue weighted by atomic mass is 10.0. The largest absolute Gasteiger partial charge is 0.354 e. The Morgan fingerprint density at radius 1 is 1.05 bits per heavy atom. The summed E-state index contributed by atoms with van der Waals surface area (Å²) in [5, 5.41) is 2.56. The minimum absolute atomic E-state index is 0.0906. The van der Waals surface area contributed by atoms with Gasteiger partial charge in [-0.3, -0.25) is 9.78 Å². The lowest BCUT2D eigenvalue weighted by Gasteiger charge is -2.04. The molecule has 0 radical (unpaired) electrons. The van der Waals surface area contributed by atoms with E-state index in [2.05, 4.69) is 9.97 Å². The number of fused-ring (bicyclic) bond motifs is 3. The second-order valence-corrected chi connectivity index (χ2v) is 5.55. The Hall–Kier alpha value is -2.65. The monoisotopic (exact) mass is 306 g/mol. The standard InChI is InChI=1S/C18H11ClN2O/c19-12-8-14-13-5-1-2-6-16(13)21-17(14)15(9-12)18(22)11-4-3-7-20-10-11/h1-10,21H. The van der Waals surface area contributed by atoms with Gasteiger partial charge in [0, 0.05) is 44.8 Å². The number of nitrogens with zero attached hydrogens (tertiary/aromatic N) is 1. The van der Waals surface area contributed by atoms with Crippen LogP contribution in [0.15, 0.2) is 60.9 Å². The second kappa shape index (κ2) is 4.97. The molecule has 4 heteroatoms. The highest BCUT2D eigenvalue weighted by molar-refractivity contribution is 6.33. The normalized spacial score (nSPS) is 11.1. The van der Waals surface area contributed by atoms with Gasteiger partial charge < -0.3 is 4.98 Å². The maximum atomic E-state index is 12.8. The highest BCUT2D eigenvalue weighted by Crippen LogP contribution is 2.31. The molecule has 1 N–H and O–H groups in total. The zero-order valence-electron chi connectivity index (χ0n) is 11.5. The summed E-state index contributed by atoms with van der Waals surface area (Å²) in [5.74, 6) is -0.0906. The van der Waals surface area contributed by atoms with E-state index < -0.39 is 0 Å². The molecule has 0 unspecified atom stereocenters. The molecule has 0 aliphatic rings. The fraction of sp³-hybridized carbons (Fsp3) is 0. The maximum absolute atomic E-state index is 12.8. The molecule has 4 rings (SSSR count). The number of H-pyrrole nitrogens is 1. The smallest absolute Gasteiger partial charge is 0.196 e. The van der Waals surface area contributed by atoms with E-state index in [0.29, 0.717) is 16.1 Å². The quantitative estimate of drug-likeness (QED) is 0.550. The first-order valence-electron chi connectivity index (χ1n) is 6.89. The topological polar surface area (TPSA) is 45.8 Å². The molecular weight excluding hydrogens is 296 g/mol. The molecule has 0 amide bonds. The Morgan fingerprint density at radius 2 is 1.91 bits per heavy atom. The molecule has 0 spiro atoms. The van der Waals surface area contributed by atoms with Crippen LogP contribution in [-0.4, -0.2) is 15.8 Å². The third-order valence-electron chi connectivity index (χ3n) is 3.75. The Labute approximate surface area is 131 Å². The molecule has 0 atom stereocenters. The van der Waals surface area contributed by atoms with E-state index >= 15 is 0 Å². The molecule has 0 saturated carbocycles. The Kier molecular flexibility index (Phi) is 2.94. The van der Waals surface area contributed by atoms with Crippen molar-refractivity contribution >= 4 is 39.2 Å². The van der Waals surface area contributed by atoms with E-state index in [1.165, 1.54) is 0 Å². The summed E-state index contributed by atoms with van der Waals surface area (Å²) < 4.78 is 0. The summed E-state index contributed by atoms with van der Waals surface area (Å²) in [6, 6.07) is 15.0. The van der Waals surface area contributed by atoms with Gasteiger partial charge in [0.25, 0.3) is 0 Å². The summed E-state index contributed by atoms with van der Waals surface area (Å²) in [6.07, 6.45) is 3.21. The number of nitrogens with one attached hydrogen (secondary N) is 1. The fourth-order valence-electron chi connectivity index (χ4n) is 2.75. The van der Waals surface area contributed by atoms with Crippen molar-refractivity contribution in [1.29, 1.82) is 0 Å². The summed E-state index contributed by atoms with van der Waals surface area (Å²) in [7, 11) is 0. The fourth-order valence-corrected chi connectivity index (χ4v) is 2.97. The lowest BCUT2D eigenvalue weighted by molar-refractivity contribution is 0.104. The molecule has 4 aromatic rings. The first-order valence-corrected chi connectivity index (χ1v) is 7.26. The third kappa shape index (κ3) is 1.98. The number of ketones is 1. The van der Waals surface area contributed by atoms with E-state index in [1.807, 2.05) is 30.3 Å². The van der Waals surface area contributed by atoms with Crippen molar-refractivity contribution in [3.63, 3.8) is 0 Å². The number of benzene rings is 2. The Balaban J connectivity index is 2.03. The van der Waals surface area contributed by atoms with Gasteiger partial charge in [0.15, 0.2) is 5.78 Å². The van der Waals surface area contributed by atoms with Crippen molar-refractivity contribution in [1.82, 2.24) is 9.97 Å². The van der Waals surface area contributed by atoms with Crippen molar-refractivity contribution in [2.45, 2.75) is 0 Å². The van der Waals surface area contributed by atoms with Crippen molar-refractivity contribution in [3.8, 4) is 0 Å². The van der Waals surface area contributed by atoms with Gasteiger partial charge in [-0.1, -0.05) is 29.8 Å². The molecule has 3 nitrogen and oxygen atoms in total. The predicted molar refractivity (Wildman–Crippen MR) is 88.5 cm³/mol. The van der Waals surface area contributed by atoms with Gasteiger partial charge in [-0.25, -0.2) is 0 Å². The first kappa shape index (κ1) is 13.0. The van der Waals surface area contributed by atoms with Crippen LogP contribution in [0.25, 0.3) is 21.8 Å². The van der Waals surface area contributed by atoms with E-state index in [4.69, 9.17) is 11.6 Å². The lowest BCUT2D eigenvalue weighted by Crippen LogP contribution is -2.02. The molecule has 106 valence electrons. The molecule has 0 bridgehead atoms. The SMILES string of the molecule is O=C(c1cccnc1)c1cc(Cl)cc2c1[nH]c1ccccc12. The number of carbonyl (C=O) groups excluding carboxylic acids is 1. The summed E-state index contributed by atoms with van der Waals surface area (Å²) in [5.41, 5.74) is 2.90. The molecule has 2 aromatic heterocycles. The van der Waals surface area contributed by atoms with Gasteiger partial charge >= 0.3 is 0 Å². The number of aromatic nitrogens is 2. The summed E-state index contributed by atoms with van der Waals surface area (Å²) in [4.78, 5) is 20.1. The third-order valence-corrected chi connectivity index (χ3v) is 3.97. The van der Waals surface area contributed by atoms with Crippen LogP contribution >= 0.6 is 11.6 Å². The Morgan fingerprint density at radius 3 is 2.73 bits per heavy atom. The van der Waals surface area contributed by atoms with Crippen LogP contribution in [0.5, 0.6) is 0 Å².